The minimum Gasteiger partial charge on any atom is -0.425 e. The summed E-state index contributed by atoms with van der Waals surface area (Å²) in [4.78, 5) is 0. The van der Waals surface area contributed by atoms with Crippen molar-refractivity contribution in [3.63, 3.8) is 0 Å². The Morgan fingerprint density at radius 3 is 1.43 bits per heavy atom. The maximum atomic E-state index is 13.7. The lowest BCUT2D eigenvalue weighted by Gasteiger charge is -2.40. The molecule has 0 aromatic rings. The summed E-state index contributed by atoms with van der Waals surface area (Å²) in [7, 11) is -6.98. The lowest BCUT2D eigenvalue weighted by Crippen LogP contribution is -2.70. The number of alkyl halides is 13. The van der Waals surface area contributed by atoms with Crippen LogP contribution in [0.3, 0.4) is 0 Å². The van der Waals surface area contributed by atoms with Gasteiger partial charge in [0.25, 0.3) is 20.0 Å². The fraction of sp³-hybridized carbons (Fsp3) is 1.00. The standard InChI is InChI=1S/C9H11F13O3Si3/c1-28(24-26-23-27-25-28)3-2-4(10,11)5(12,13)6(14,15)7(16,17)8(18,19)9(20,21)22/h2-3,26-27H2,1H3. The summed E-state index contributed by atoms with van der Waals surface area (Å²) in [5.41, 5.74) is 0. The number of hydrogen-bond acceptors (Lipinski definition) is 3. The van der Waals surface area contributed by atoms with Crippen LogP contribution in [0.5, 0.6) is 0 Å². The first kappa shape index (κ1) is 25.7. The summed E-state index contributed by atoms with van der Waals surface area (Å²) < 4.78 is 183. The second-order valence-electron chi connectivity index (χ2n) is 5.86. The Kier molecular flexibility index (Phi) is 6.77. The van der Waals surface area contributed by atoms with E-state index in [1.54, 1.807) is 0 Å². The van der Waals surface area contributed by atoms with Gasteiger partial charge in [0.2, 0.25) is 0 Å². The zero-order valence-corrected chi connectivity index (χ0v) is 17.3. The van der Waals surface area contributed by atoms with Gasteiger partial charge in [-0.1, -0.05) is 0 Å². The SMILES string of the molecule is C[Si]1(CCC(F)(F)C(F)(F)C(F)(F)C(F)(F)C(F)(F)C(F)(F)F)O[SiH2]O[SiH2]O1. The highest BCUT2D eigenvalue weighted by Crippen LogP contribution is 2.60. The third-order valence-electron chi connectivity index (χ3n) is 3.79. The zero-order chi connectivity index (χ0) is 22.4. The molecule has 0 aromatic heterocycles. The van der Waals surface area contributed by atoms with Gasteiger partial charge in [0, 0.05) is 6.42 Å². The third-order valence-corrected chi connectivity index (χ3v) is 12.1. The Morgan fingerprint density at radius 2 is 1.04 bits per heavy atom. The second kappa shape index (κ2) is 7.39. The van der Waals surface area contributed by atoms with E-state index in [1.165, 1.54) is 0 Å². The monoisotopic (exact) mass is 498 g/mol. The van der Waals surface area contributed by atoms with Crippen molar-refractivity contribution in [3.8, 4) is 0 Å². The number of rotatable bonds is 7. The van der Waals surface area contributed by atoms with Crippen molar-refractivity contribution in [1.29, 1.82) is 0 Å². The molecule has 3 nitrogen and oxygen atoms in total. The molecule has 1 heterocycles. The van der Waals surface area contributed by atoms with Crippen molar-refractivity contribution in [1.82, 2.24) is 0 Å². The van der Waals surface area contributed by atoms with Gasteiger partial charge in [-0.3, -0.25) is 0 Å². The minimum absolute atomic E-state index is 1.06. The fourth-order valence-corrected chi connectivity index (χ4v) is 9.34. The van der Waals surface area contributed by atoms with E-state index in [4.69, 9.17) is 12.3 Å². The topological polar surface area (TPSA) is 27.7 Å². The van der Waals surface area contributed by atoms with Crippen molar-refractivity contribution in [2.45, 2.75) is 54.8 Å². The first-order valence-electron chi connectivity index (χ1n) is 6.98. The molecule has 0 N–H and O–H groups in total. The molecule has 1 saturated heterocycles. The first-order valence-corrected chi connectivity index (χ1v) is 11.8. The van der Waals surface area contributed by atoms with Gasteiger partial charge in [0.1, 0.15) is 0 Å². The Labute approximate surface area is 153 Å². The largest absolute Gasteiger partial charge is 0.460 e. The molecule has 0 spiro atoms. The second-order valence-corrected chi connectivity index (χ2v) is 13.0. The van der Waals surface area contributed by atoms with E-state index in [1.807, 2.05) is 0 Å². The Morgan fingerprint density at radius 1 is 0.643 bits per heavy atom. The van der Waals surface area contributed by atoms with E-state index in [0.29, 0.717) is 0 Å². The van der Waals surface area contributed by atoms with Crippen LogP contribution in [0.15, 0.2) is 0 Å². The minimum atomic E-state index is -7.88. The molecule has 0 atom stereocenters. The van der Waals surface area contributed by atoms with Crippen LogP contribution in [0.1, 0.15) is 6.42 Å². The molecule has 0 saturated carbocycles. The van der Waals surface area contributed by atoms with Crippen LogP contribution in [0, 0.1) is 0 Å². The molecule has 0 bridgehead atoms. The van der Waals surface area contributed by atoms with Crippen molar-refractivity contribution in [3.05, 3.63) is 0 Å². The van der Waals surface area contributed by atoms with Crippen LogP contribution in [-0.2, 0) is 12.3 Å². The van der Waals surface area contributed by atoms with Crippen LogP contribution < -0.4 is 0 Å². The highest BCUT2D eigenvalue weighted by Gasteiger charge is 2.90. The van der Waals surface area contributed by atoms with Gasteiger partial charge in [-0.25, -0.2) is 0 Å². The number of hydrogen-bond donors (Lipinski definition) is 0. The predicted molar refractivity (Wildman–Crippen MR) is 72.2 cm³/mol. The van der Waals surface area contributed by atoms with Gasteiger partial charge in [0.05, 0.1) is 0 Å². The molecule has 1 aliphatic rings. The van der Waals surface area contributed by atoms with Crippen LogP contribution in [0.25, 0.3) is 0 Å². The van der Waals surface area contributed by atoms with E-state index in [0.717, 1.165) is 6.55 Å². The average Bonchev–Trinajstić information content (AvgIpc) is 2.52. The van der Waals surface area contributed by atoms with Gasteiger partial charge >= 0.3 is 44.3 Å². The third kappa shape index (κ3) is 4.09. The molecule has 168 valence electrons. The van der Waals surface area contributed by atoms with Crippen molar-refractivity contribution < 1.29 is 69.4 Å². The summed E-state index contributed by atoms with van der Waals surface area (Å²) in [6, 6.07) is -1.14. The van der Waals surface area contributed by atoms with Crippen LogP contribution >= 0.6 is 0 Å². The maximum Gasteiger partial charge on any atom is 0.460 e. The zero-order valence-electron chi connectivity index (χ0n) is 13.5. The Balaban J connectivity index is 3.18. The first-order chi connectivity index (χ1) is 12.2. The van der Waals surface area contributed by atoms with E-state index in [2.05, 4.69) is 0 Å². The summed E-state index contributed by atoms with van der Waals surface area (Å²) >= 11 is 0. The number of halogens is 13. The lowest BCUT2D eigenvalue weighted by molar-refractivity contribution is -0.440. The smallest absolute Gasteiger partial charge is 0.425 e. The summed E-state index contributed by atoms with van der Waals surface area (Å²) in [5.74, 6) is -36.7. The molecule has 1 fully saturated rings. The van der Waals surface area contributed by atoms with E-state index in [9.17, 15) is 57.1 Å². The van der Waals surface area contributed by atoms with Crippen molar-refractivity contribution in [2.24, 2.45) is 0 Å². The lowest BCUT2D eigenvalue weighted by atomic mass is 9.93. The molecule has 28 heavy (non-hydrogen) atoms. The summed E-state index contributed by atoms with van der Waals surface area (Å²) in [5, 5.41) is 0. The highest BCUT2D eigenvalue weighted by atomic mass is 28.5. The van der Waals surface area contributed by atoms with Gasteiger partial charge in [0.15, 0.2) is 0 Å². The summed E-state index contributed by atoms with van der Waals surface area (Å²) in [6.45, 7) is 1.06. The Hall–Kier alpha value is -0.379. The van der Waals surface area contributed by atoms with Crippen LogP contribution in [-0.4, -0.2) is 64.4 Å². The molecule has 0 aromatic carbocycles. The quantitative estimate of drug-likeness (QED) is 0.399. The summed E-state index contributed by atoms with van der Waals surface area (Å²) in [6.07, 6.45) is -9.69. The van der Waals surface area contributed by atoms with Gasteiger partial charge in [-0.15, -0.1) is 0 Å². The molecule has 19 heteroatoms. The molecule has 0 unspecified atom stereocenters. The van der Waals surface area contributed by atoms with E-state index >= 15 is 0 Å². The van der Waals surface area contributed by atoms with Crippen LogP contribution in [0.2, 0.25) is 12.6 Å². The molecule has 0 aliphatic carbocycles. The van der Waals surface area contributed by atoms with Gasteiger partial charge in [-0.2, -0.15) is 57.1 Å². The highest BCUT2D eigenvalue weighted by molar-refractivity contribution is 6.75. The van der Waals surface area contributed by atoms with Crippen LogP contribution in [0.4, 0.5) is 57.1 Å². The van der Waals surface area contributed by atoms with E-state index < -0.39 is 76.8 Å². The van der Waals surface area contributed by atoms with Crippen molar-refractivity contribution in [2.75, 3.05) is 0 Å². The molecule has 0 amide bonds. The van der Waals surface area contributed by atoms with Gasteiger partial charge in [-0.05, 0) is 12.6 Å². The predicted octanol–water partition coefficient (Wildman–Crippen LogP) is 3.25. The molecule has 1 aliphatic heterocycles. The maximum absolute atomic E-state index is 13.7. The molecular formula is C9H11F13O3Si3. The van der Waals surface area contributed by atoms with Gasteiger partial charge < -0.3 is 12.3 Å². The molecule has 0 radical (unpaired) electrons. The van der Waals surface area contributed by atoms with Crippen molar-refractivity contribution >= 4 is 28.6 Å². The molecular weight excluding hydrogens is 487 g/mol. The Bertz CT molecular complexity index is 561. The normalized spacial score (nSPS) is 25.5. The molecule has 1 rings (SSSR count). The average molecular weight is 498 g/mol. The van der Waals surface area contributed by atoms with E-state index in [-0.39, 0.29) is 0 Å². The fourth-order valence-electron chi connectivity index (χ4n) is 1.90.